The summed E-state index contributed by atoms with van der Waals surface area (Å²) in [6.45, 7) is 4.02. The lowest BCUT2D eigenvalue weighted by molar-refractivity contribution is 0.0910. The number of benzene rings is 2. The van der Waals surface area contributed by atoms with Crippen LogP contribution < -0.4 is 10.6 Å². The predicted molar refractivity (Wildman–Crippen MR) is 118 cm³/mol. The summed E-state index contributed by atoms with van der Waals surface area (Å²) in [5.41, 5.74) is 2.57. The quantitative estimate of drug-likeness (QED) is 0.485. The van der Waals surface area contributed by atoms with E-state index < -0.39 is 0 Å². The molecule has 4 aromatic rings. The minimum atomic E-state index is -0.268. The predicted octanol–water partition coefficient (Wildman–Crippen LogP) is 4.41. The molecule has 0 aliphatic heterocycles. The third-order valence-corrected chi connectivity index (χ3v) is 5.69. The summed E-state index contributed by atoms with van der Waals surface area (Å²) in [7, 11) is 0. The molecule has 0 fully saturated rings. The Balaban J connectivity index is 1.41. The van der Waals surface area contributed by atoms with E-state index in [2.05, 4.69) is 15.6 Å². The number of carbonyl (C=O) groups excluding carboxylic acids is 2. The maximum absolute atomic E-state index is 12.8. The molecule has 0 saturated heterocycles. The summed E-state index contributed by atoms with van der Waals surface area (Å²) in [4.78, 5) is 30.7. The van der Waals surface area contributed by atoms with Gasteiger partial charge in [-0.1, -0.05) is 36.4 Å². The summed E-state index contributed by atoms with van der Waals surface area (Å²) in [6, 6.07) is 16.6. The molecule has 0 aliphatic carbocycles. The molecule has 2 heterocycles. The van der Waals surface area contributed by atoms with Crippen LogP contribution in [-0.2, 0) is 0 Å². The highest BCUT2D eigenvalue weighted by atomic mass is 32.1. The normalized spacial score (nSPS) is 11.9. The first-order valence-electron chi connectivity index (χ1n) is 9.61. The molecule has 30 heavy (non-hydrogen) atoms. The van der Waals surface area contributed by atoms with Gasteiger partial charge in [0.25, 0.3) is 11.8 Å². The number of aromatic nitrogens is 1. The first-order valence-corrected chi connectivity index (χ1v) is 10.4. The third kappa shape index (κ3) is 4.11. The summed E-state index contributed by atoms with van der Waals surface area (Å²) in [5.74, 6) is -0.463. The maximum Gasteiger partial charge on any atom is 0.271 e. The Morgan fingerprint density at radius 2 is 1.87 bits per heavy atom. The van der Waals surface area contributed by atoms with Gasteiger partial charge in [-0.2, -0.15) is 0 Å². The van der Waals surface area contributed by atoms with Gasteiger partial charge < -0.3 is 15.1 Å². The van der Waals surface area contributed by atoms with E-state index >= 15 is 0 Å². The first kappa shape index (κ1) is 19.8. The van der Waals surface area contributed by atoms with E-state index in [1.807, 2.05) is 50.2 Å². The summed E-state index contributed by atoms with van der Waals surface area (Å²) >= 11 is 1.49. The summed E-state index contributed by atoms with van der Waals surface area (Å²) in [6.07, 6.45) is 1.56. The third-order valence-electron chi connectivity index (χ3n) is 4.67. The van der Waals surface area contributed by atoms with Gasteiger partial charge in [-0.25, -0.2) is 4.98 Å². The minimum Gasteiger partial charge on any atom is -0.464 e. The van der Waals surface area contributed by atoms with Crippen LogP contribution in [-0.4, -0.2) is 29.4 Å². The second kappa shape index (κ2) is 8.51. The molecule has 1 atom stereocenters. The van der Waals surface area contributed by atoms with Crippen molar-refractivity contribution in [1.82, 2.24) is 15.6 Å². The Morgan fingerprint density at radius 3 is 2.67 bits per heavy atom. The molecule has 2 aromatic heterocycles. The van der Waals surface area contributed by atoms with Gasteiger partial charge in [0.05, 0.1) is 21.7 Å². The fourth-order valence-corrected chi connectivity index (χ4v) is 4.16. The van der Waals surface area contributed by atoms with Gasteiger partial charge >= 0.3 is 0 Å². The van der Waals surface area contributed by atoms with Crippen molar-refractivity contribution in [2.75, 3.05) is 6.54 Å². The fourth-order valence-electron chi connectivity index (χ4n) is 3.24. The molecule has 0 radical (unpaired) electrons. The van der Waals surface area contributed by atoms with Crippen LogP contribution in [0, 0.1) is 6.92 Å². The standard InChI is InChI=1S/C23H21N3O3S/c1-14(13-24-22(27)18-9-6-10-19-17(18)11-12-29-19)25-23(28)20-21(30-15(2)26-20)16-7-4-3-5-8-16/h3-12,14H,13H2,1-2H3,(H,24,27)(H,25,28). The van der Waals surface area contributed by atoms with Crippen molar-refractivity contribution in [3.8, 4) is 10.4 Å². The van der Waals surface area contributed by atoms with E-state index in [0.29, 0.717) is 23.4 Å². The monoisotopic (exact) mass is 419 g/mol. The molecular weight excluding hydrogens is 398 g/mol. The van der Waals surface area contributed by atoms with Crippen LogP contribution in [0.2, 0.25) is 0 Å². The van der Waals surface area contributed by atoms with Gasteiger partial charge in [0.2, 0.25) is 0 Å². The molecular formula is C23H21N3O3S. The zero-order valence-corrected chi connectivity index (χ0v) is 17.5. The lowest BCUT2D eigenvalue weighted by atomic mass is 10.1. The van der Waals surface area contributed by atoms with E-state index in [-0.39, 0.29) is 17.9 Å². The molecule has 0 aliphatic rings. The van der Waals surface area contributed by atoms with Gasteiger partial charge in [0, 0.05) is 18.0 Å². The topological polar surface area (TPSA) is 84.2 Å². The van der Waals surface area contributed by atoms with E-state index in [9.17, 15) is 9.59 Å². The Kier molecular flexibility index (Phi) is 5.63. The van der Waals surface area contributed by atoms with Crippen LogP contribution in [0.15, 0.2) is 65.3 Å². The number of carbonyl (C=O) groups is 2. The Hall–Kier alpha value is -3.45. The van der Waals surface area contributed by atoms with E-state index in [1.165, 1.54) is 11.3 Å². The molecule has 2 N–H and O–H groups in total. The molecule has 2 amide bonds. The molecule has 7 heteroatoms. The lowest BCUT2D eigenvalue weighted by Crippen LogP contribution is -2.42. The van der Waals surface area contributed by atoms with Gasteiger partial charge in [-0.05, 0) is 37.6 Å². The average molecular weight is 420 g/mol. The minimum absolute atomic E-state index is 0.211. The Morgan fingerprint density at radius 1 is 1.07 bits per heavy atom. The second-order valence-electron chi connectivity index (χ2n) is 7.00. The smallest absolute Gasteiger partial charge is 0.271 e. The molecule has 0 bridgehead atoms. The van der Waals surface area contributed by atoms with E-state index in [1.54, 1.807) is 24.5 Å². The maximum atomic E-state index is 12.8. The van der Waals surface area contributed by atoms with Crippen molar-refractivity contribution in [2.24, 2.45) is 0 Å². The van der Waals surface area contributed by atoms with Crippen LogP contribution in [0.5, 0.6) is 0 Å². The molecule has 6 nitrogen and oxygen atoms in total. The van der Waals surface area contributed by atoms with Crippen molar-refractivity contribution in [2.45, 2.75) is 19.9 Å². The number of nitrogens with one attached hydrogen (secondary N) is 2. The van der Waals surface area contributed by atoms with Crippen LogP contribution in [0.1, 0.15) is 32.8 Å². The van der Waals surface area contributed by atoms with Crippen LogP contribution in [0.3, 0.4) is 0 Å². The number of fused-ring (bicyclic) bond motifs is 1. The average Bonchev–Trinajstić information content (AvgIpc) is 3.39. The lowest BCUT2D eigenvalue weighted by Gasteiger charge is -2.15. The number of hydrogen-bond donors (Lipinski definition) is 2. The highest BCUT2D eigenvalue weighted by Crippen LogP contribution is 2.30. The number of nitrogens with zero attached hydrogens (tertiary/aromatic N) is 1. The van der Waals surface area contributed by atoms with E-state index in [4.69, 9.17) is 4.42 Å². The highest BCUT2D eigenvalue weighted by Gasteiger charge is 2.20. The van der Waals surface area contributed by atoms with Gasteiger partial charge in [-0.3, -0.25) is 9.59 Å². The van der Waals surface area contributed by atoms with Crippen LogP contribution in [0.25, 0.3) is 21.4 Å². The number of hydrogen-bond acceptors (Lipinski definition) is 5. The highest BCUT2D eigenvalue weighted by molar-refractivity contribution is 7.15. The van der Waals surface area contributed by atoms with Crippen molar-refractivity contribution in [1.29, 1.82) is 0 Å². The SMILES string of the molecule is Cc1nc(C(=O)NC(C)CNC(=O)c2cccc3occc23)c(-c2ccccc2)s1. The number of amides is 2. The zero-order valence-electron chi connectivity index (χ0n) is 16.6. The van der Waals surface area contributed by atoms with Gasteiger partial charge in [0.15, 0.2) is 0 Å². The molecule has 4 rings (SSSR count). The Bertz CT molecular complexity index is 1200. The molecule has 0 saturated carbocycles. The molecule has 1 unspecified atom stereocenters. The van der Waals surface area contributed by atoms with Crippen molar-refractivity contribution < 1.29 is 14.0 Å². The molecule has 2 aromatic carbocycles. The summed E-state index contributed by atoms with van der Waals surface area (Å²) < 4.78 is 5.34. The molecule has 152 valence electrons. The van der Waals surface area contributed by atoms with E-state index in [0.717, 1.165) is 20.8 Å². The zero-order chi connectivity index (χ0) is 21.1. The number of thiazole rings is 1. The van der Waals surface area contributed by atoms with Crippen molar-refractivity contribution >= 4 is 34.1 Å². The van der Waals surface area contributed by atoms with Crippen LogP contribution in [0.4, 0.5) is 0 Å². The number of furan rings is 1. The number of aryl methyl sites for hydroxylation is 1. The number of rotatable bonds is 6. The largest absolute Gasteiger partial charge is 0.464 e. The second-order valence-corrected chi connectivity index (χ2v) is 8.20. The molecule has 0 spiro atoms. The first-order chi connectivity index (χ1) is 14.5. The van der Waals surface area contributed by atoms with Gasteiger partial charge in [-0.15, -0.1) is 11.3 Å². The van der Waals surface area contributed by atoms with Crippen molar-refractivity contribution in [3.05, 3.63) is 77.1 Å². The van der Waals surface area contributed by atoms with Crippen LogP contribution >= 0.6 is 11.3 Å². The van der Waals surface area contributed by atoms with Crippen molar-refractivity contribution in [3.63, 3.8) is 0 Å². The summed E-state index contributed by atoms with van der Waals surface area (Å²) in [5, 5.41) is 7.39. The fraction of sp³-hybridized carbons (Fsp3) is 0.174. The Labute approximate surface area is 177 Å². The van der Waals surface area contributed by atoms with Gasteiger partial charge in [0.1, 0.15) is 11.3 Å².